The molecule has 2 atom stereocenters. The van der Waals surface area contributed by atoms with Gasteiger partial charge in [0, 0.05) is 18.0 Å². The molecular formula is C16H21FN4OS. The number of hydrogen-bond donors (Lipinski definition) is 2. The molecule has 1 aromatic carbocycles. The second-order valence-electron chi connectivity index (χ2n) is 6.44. The first kappa shape index (κ1) is 17.5. The molecule has 2 aromatic rings. The first-order chi connectivity index (χ1) is 10.6. The van der Waals surface area contributed by atoms with E-state index in [4.69, 9.17) is 5.73 Å². The Hall–Kier alpha value is -1.86. The SMILES string of the molecule is CC(C)(C)[S@](=O)N[C@@](C)(c1ccc(F)cc1)c1cnc(N)nc1. The second kappa shape index (κ2) is 6.33. The molecule has 0 fully saturated rings. The third-order valence-electron chi connectivity index (χ3n) is 3.52. The van der Waals surface area contributed by atoms with Crippen LogP contribution in [0.1, 0.15) is 38.8 Å². The Morgan fingerprint density at radius 1 is 1.04 bits per heavy atom. The molecule has 0 amide bonds. The average molecular weight is 336 g/mol. The highest BCUT2D eigenvalue weighted by Crippen LogP contribution is 2.30. The molecule has 3 N–H and O–H groups in total. The van der Waals surface area contributed by atoms with Crippen LogP contribution in [0.4, 0.5) is 10.3 Å². The maximum atomic E-state index is 13.3. The van der Waals surface area contributed by atoms with Crippen LogP contribution in [-0.2, 0) is 16.5 Å². The molecule has 7 heteroatoms. The van der Waals surface area contributed by atoms with Gasteiger partial charge in [-0.2, -0.15) is 0 Å². The lowest BCUT2D eigenvalue weighted by atomic mass is 9.87. The Morgan fingerprint density at radius 2 is 1.57 bits per heavy atom. The Morgan fingerprint density at radius 3 is 2.04 bits per heavy atom. The maximum absolute atomic E-state index is 13.3. The third kappa shape index (κ3) is 3.92. The topological polar surface area (TPSA) is 80.9 Å². The lowest BCUT2D eigenvalue weighted by Crippen LogP contribution is -2.47. The number of aromatic nitrogens is 2. The number of halogens is 1. The summed E-state index contributed by atoms with van der Waals surface area (Å²) < 4.78 is 28.6. The van der Waals surface area contributed by atoms with E-state index >= 15 is 0 Å². The molecule has 2 rings (SSSR count). The van der Waals surface area contributed by atoms with E-state index in [9.17, 15) is 8.60 Å². The van der Waals surface area contributed by atoms with E-state index < -0.39 is 21.3 Å². The highest BCUT2D eigenvalue weighted by molar-refractivity contribution is 7.84. The predicted octanol–water partition coefficient (Wildman–Crippen LogP) is 2.51. The predicted molar refractivity (Wildman–Crippen MR) is 90.3 cm³/mol. The molecule has 0 unspecified atom stereocenters. The van der Waals surface area contributed by atoms with E-state index in [0.717, 1.165) is 5.56 Å². The number of nitrogens with two attached hydrogens (primary N) is 1. The van der Waals surface area contributed by atoms with Crippen molar-refractivity contribution in [3.63, 3.8) is 0 Å². The van der Waals surface area contributed by atoms with Crippen LogP contribution in [0.2, 0.25) is 0 Å². The largest absolute Gasteiger partial charge is 0.368 e. The zero-order valence-electron chi connectivity index (χ0n) is 13.6. The summed E-state index contributed by atoms with van der Waals surface area (Å²) in [6.07, 6.45) is 3.16. The lowest BCUT2D eigenvalue weighted by Gasteiger charge is -2.34. The molecule has 0 bridgehead atoms. The van der Waals surface area contributed by atoms with Crippen molar-refractivity contribution in [2.75, 3.05) is 5.73 Å². The van der Waals surface area contributed by atoms with Gasteiger partial charge in [-0.05, 0) is 45.4 Å². The van der Waals surface area contributed by atoms with Gasteiger partial charge in [0.2, 0.25) is 5.95 Å². The van der Waals surface area contributed by atoms with Gasteiger partial charge in [-0.15, -0.1) is 0 Å². The standard InChI is InChI=1S/C16H21FN4OS/c1-15(2,3)23(22)21-16(4,11-5-7-13(17)8-6-11)12-9-19-14(18)20-10-12/h5-10,21H,1-4H3,(H2,18,19,20)/t16-,23-/m0/s1. The van der Waals surface area contributed by atoms with Crippen molar-refractivity contribution in [1.82, 2.24) is 14.7 Å². The molecule has 1 aromatic heterocycles. The van der Waals surface area contributed by atoms with Crippen LogP contribution in [0.5, 0.6) is 0 Å². The number of benzene rings is 1. The summed E-state index contributed by atoms with van der Waals surface area (Å²) in [4.78, 5) is 8.02. The lowest BCUT2D eigenvalue weighted by molar-refractivity contribution is 0.519. The molecule has 5 nitrogen and oxygen atoms in total. The number of rotatable bonds is 4. The summed E-state index contributed by atoms with van der Waals surface area (Å²) in [6.45, 7) is 7.49. The fourth-order valence-corrected chi connectivity index (χ4v) is 2.92. The summed E-state index contributed by atoms with van der Waals surface area (Å²) in [5, 5.41) is 0. The molecule has 0 radical (unpaired) electrons. The molecule has 0 aliphatic heterocycles. The van der Waals surface area contributed by atoms with Crippen LogP contribution < -0.4 is 10.5 Å². The van der Waals surface area contributed by atoms with Gasteiger partial charge in [0.1, 0.15) is 5.82 Å². The second-order valence-corrected chi connectivity index (χ2v) is 8.41. The summed E-state index contributed by atoms with van der Waals surface area (Å²) in [6, 6.07) is 6.04. The van der Waals surface area contributed by atoms with Gasteiger partial charge in [-0.3, -0.25) is 0 Å². The van der Waals surface area contributed by atoms with E-state index in [1.54, 1.807) is 24.5 Å². The molecule has 0 spiro atoms. The van der Waals surface area contributed by atoms with Crippen molar-refractivity contribution in [1.29, 1.82) is 0 Å². The summed E-state index contributed by atoms with van der Waals surface area (Å²) in [5.41, 5.74) is 6.14. The van der Waals surface area contributed by atoms with E-state index in [2.05, 4.69) is 14.7 Å². The minimum absolute atomic E-state index is 0.159. The first-order valence-corrected chi connectivity index (χ1v) is 8.31. The fourth-order valence-electron chi connectivity index (χ4n) is 2.00. The Bertz CT molecular complexity index is 650. The van der Waals surface area contributed by atoms with Crippen molar-refractivity contribution < 1.29 is 8.60 Å². The normalized spacial score (nSPS) is 15.9. The Balaban J connectivity index is 2.52. The van der Waals surface area contributed by atoms with Gasteiger partial charge < -0.3 is 5.73 Å². The van der Waals surface area contributed by atoms with E-state index in [1.807, 2.05) is 27.7 Å². The van der Waals surface area contributed by atoms with Gasteiger partial charge in [0.15, 0.2) is 0 Å². The molecule has 23 heavy (non-hydrogen) atoms. The van der Waals surface area contributed by atoms with Crippen LogP contribution in [0.3, 0.4) is 0 Å². The monoisotopic (exact) mass is 336 g/mol. The number of hydrogen-bond acceptors (Lipinski definition) is 4. The van der Waals surface area contributed by atoms with Crippen molar-refractivity contribution in [3.05, 3.63) is 53.6 Å². The van der Waals surface area contributed by atoms with Gasteiger partial charge in [0.25, 0.3) is 0 Å². The molecular weight excluding hydrogens is 315 g/mol. The van der Waals surface area contributed by atoms with E-state index in [1.165, 1.54) is 12.1 Å². The third-order valence-corrected chi connectivity index (χ3v) is 5.23. The molecule has 0 aliphatic rings. The number of anilines is 1. The van der Waals surface area contributed by atoms with Gasteiger partial charge in [-0.25, -0.2) is 23.3 Å². The first-order valence-electron chi connectivity index (χ1n) is 7.16. The summed E-state index contributed by atoms with van der Waals surface area (Å²) in [7, 11) is -1.35. The highest BCUT2D eigenvalue weighted by atomic mass is 32.2. The zero-order valence-corrected chi connectivity index (χ0v) is 14.4. The van der Waals surface area contributed by atoms with E-state index in [0.29, 0.717) is 5.56 Å². The summed E-state index contributed by atoms with van der Waals surface area (Å²) >= 11 is 0. The van der Waals surface area contributed by atoms with Crippen molar-refractivity contribution in [2.45, 2.75) is 38.0 Å². The van der Waals surface area contributed by atoms with Crippen LogP contribution >= 0.6 is 0 Å². The summed E-state index contributed by atoms with van der Waals surface area (Å²) in [5.74, 6) is -0.172. The molecule has 124 valence electrons. The molecule has 0 saturated carbocycles. The van der Waals surface area contributed by atoms with Crippen molar-refractivity contribution in [2.24, 2.45) is 0 Å². The van der Waals surface area contributed by atoms with Gasteiger partial charge in [-0.1, -0.05) is 12.1 Å². The Kier molecular flexibility index (Phi) is 4.81. The van der Waals surface area contributed by atoms with Crippen LogP contribution in [0, 0.1) is 5.82 Å². The minimum Gasteiger partial charge on any atom is -0.368 e. The highest BCUT2D eigenvalue weighted by Gasteiger charge is 2.34. The quantitative estimate of drug-likeness (QED) is 0.899. The Labute approximate surface area is 138 Å². The van der Waals surface area contributed by atoms with Gasteiger partial charge in [0.05, 0.1) is 21.3 Å². The van der Waals surface area contributed by atoms with Crippen LogP contribution in [0.15, 0.2) is 36.7 Å². The molecule has 0 aliphatic carbocycles. The maximum Gasteiger partial charge on any atom is 0.219 e. The van der Waals surface area contributed by atoms with Crippen LogP contribution in [-0.4, -0.2) is 18.9 Å². The van der Waals surface area contributed by atoms with Crippen molar-refractivity contribution in [3.8, 4) is 0 Å². The minimum atomic E-state index is -1.35. The smallest absolute Gasteiger partial charge is 0.219 e. The fraction of sp³-hybridized carbons (Fsp3) is 0.375. The molecule has 0 saturated heterocycles. The number of nitrogens with zero attached hydrogens (tertiary/aromatic N) is 2. The average Bonchev–Trinajstić information content (AvgIpc) is 2.47. The zero-order chi connectivity index (χ0) is 17.3. The number of nitrogens with one attached hydrogen (secondary N) is 1. The van der Waals surface area contributed by atoms with Gasteiger partial charge >= 0.3 is 0 Å². The van der Waals surface area contributed by atoms with Crippen LogP contribution in [0.25, 0.3) is 0 Å². The molecule has 1 heterocycles. The van der Waals surface area contributed by atoms with Crippen molar-refractivity contribution >= 4 is 16.9 Å². The van der Waals surface area contributed by atoms with E-state index in [-0.39, 0.29) is 11.8 Å². The number of nitrogen functional groups attached to an aromatic ring is 1.